The predicted octanol–water partition coefficient (Wildman–Crippen LogP) is 3.59. The van der Waals surface area contributed by atoms with Gasteiger partial charge in [-0.15, -0.1) is 0 Å². The van der Waals surface area contributed by atoms with E-state index in [2.05, 4.69) is 6.92 Å². The Labute approximate surface area is 115 Å². The van der Waals surface area contributed by atoms with Gasteiger partial charge in [-0.25, -0.2) is 0 Å². The van der Waals surface area contributed by atoms with Crippen molar-refractivity contribution >= 4 is 17.2 Å². The quantitative estimate of drug-likeness (QED) is 0.846. The van der Waals surface area contributed by atoms with Crippen LogP contribution in [0.1, 0.15) is 43.7 Å². The fourth-order valence-electron chi connectivity index (χ4n) is 2.66. The van der Waals surface area contributed by atoms with Crippen LogP contribution in [0.4, 0.5) is 0 Å². The van der Waals surface area contributed by atoms with Gasteiger partial charge in [-0.1, -0.05) is 25.6 Å². The Bertz CT molecular complexity index is 444. The second kappa shape index (κ2) is 5.70. The molecule has 3 heteroatoms. The Hall–Kier alpha value is -1.09. The van der Waals surface area contributed by atoms with Gasteiger partial charge in [0.25, 0.3) is 0 Å². The predicted molar refractivity (Wildman–Crippen MR) is 79.1 cm³/mol. The van der Waals surface area contributed by atoms with E-state index < -0.39 is 0 Å². The lowest BCUT2D eigenvalue weighted by Crippen LogP contribution is -2.24. The highest BCUT2D eigenvalue weighted by molar-refractivity contribution is 7.80. The van der Waals surface area contributed by atoms with Crippen LogP contribution in [-0.4, -0.2) is 11.1 Å². The number of nitrogens with two attached hydrogens (primary N) is 1. The minimum Gasteiger partial charge on any atom is -0.490 e. The number of ether oxygens (including phenoxy) is 1. The van der Waals surface area contributed by atoms with Crippen LogP contribution in [0.2, 0.25) is 0 Å². The third-order valence-electron chi connectivity index (χ3n) is 3.65. The molecular weight excluding hydrogens is 242 g/mol. The highest BCUT2D eigenvalue weighted by atomic mass is 32.1. The van der Waals surface area contributed by atoms with Crippen molar-refractivity contribution in [1.29, 1.82) is 0 Å². The lowest BCUT2D eigenvalue weighted by molar-refractivity contribution is 0.129. The molecule has 2 N–H and O–H groups in total. The molecule has 2 nitrogen and oxygen atoms in total. The van der Waals surface area contributed by atoms with Crippen LogP contribution < -0.4 is 10.5 Å². The largest absolute Gasteiger partial charge is 0.490 e. The molecule has 2 rings (SSSR count). The summed E-state index contributed by atoms with van der Waals surface area (Å²) >= 11 is 5.01. The average molecular weight is 263 g/mol. The van der Waals surface area contributed by atoms with Crippen molar-refractivity contribution < 1.29 is 4.74 Å². The molecule has 18 heavy (non-hydrogen) atoms. The minimum absolute atomic E-state index is 0.365. The first-order chi connectivity index (χ1) is 8.56. The first-order valence-corrected chi connectivity index (χ1v) is 7.04. The van der Waals surface area contributed by atoms with Crippen molar-refractivity contribution in [3.05, 3.63) is 29.3 Å². The molecule has 98 valence electrons. The molecule has 1 aromatic carbocycles. The molecule has 0 bridgehead atoms. The summed E-state index contributed by atoms with van der Waals surface area (Å²) in [5.41, 5.74) is 7.68. The van der Waals surface area contributed by atoms with Gasteiger partial charge in [-0.3, -0.25) is 0 Å². The highest BCUT2D eigenvalue weighted by Gasteiger charge is 2.20. The second-order valence-electron chi connectivity index (χ2n) is 5.35. The summed E-state index contributed by atoms with van der Waals surface area (Å²) in [6, 6.07) is 5.97. The molecule has 1 fully saturated rings. The molecule has 0 heterocycles. The number of hydrogen-bond acceptors (Lipinski definition) is 2. The SMILES string of the molecule is Cc1cc(OC2CCCC(C)C2)ccc1C(N)=S. The Morgan fingerprint density at radius 2 is 2.17 bits per heavy atom. The smallest absolute Gasteiger partial charge is 0.120 e. The van der Waals surface area contributed by atoms with Gasteiger partial charge in [0.15, 0.2) is 0 Å². The molecule has 1 saturated carbocycles. The van der Waals surface area contributed by atoms with Crippen LogP contribution in [0.3, 0.4) is 0 Å². The maximum Gasteiger partial charge on any atom is 0.120 e. The molecule has 1 aromatic rings. The van der Waals surface area contributed by atoms with Gasteiger partial charge in [0.2, 0.25) is 0 Å². The zero-order valence-corrected chi connectivity index (χ0v) is 11.9. The second-order valence-corrected chi connectivity index (χ2v) is 5.79. The van der Waals surface area contributed by atoms with E-state index in [1.165, 1.54) is 19.3 Å². The van der Waals surface area contributed by atoms with E-state index in [1.807, 2.05) is 25.1 Å². The van der Waals surface area contributed by atoms with Crippen molar-refractivity contribution in [2.45, 2.75) is 45.6 Å². The van der Waals surface area contributed by atoms with Crippen molar-refractivity contribution in [2.75, 3.05) is 0 Å². The molecular formula is C15H21NOS. The maximum absolute atomic E-state index is 6.06. The molecule has 0 spiro atoms. The summed E-state index contributed by atoms with van der Waals surface area (Å²) in [6.45, 7) is 4.32. The van der Waals surface area contributed by atoms with Crippen LogP contribution in [0.25, 0.3) is 0 Å². The zero-order valence-electron chi connectivity index (χ0n) is 11.1. The summed E-state index contributed by atoms with van der Waals surface area (Å²) in [4.78, 5) is 0.449. The molecule has 2 unspecified atom stereocenters. The van der Waals surface area contributed by atoms with Gasteiger partial charge in [-0.2, -0.15) is 0 Å². The van der Waals surface area contributed by atoms with E-state index in [1.54, 1.807) is 0 Å². The Kier molecular flexibility index (Phi) is 4.23. The van der Waals surface area contributed by atoms with Gasteiger partial charge in [0.05, 0.1) is 6.10 Å². The number of aryl methyl sites for hydroxylation is 1. The summed E-state index contributed by atoms with van der Waals surface area (Å²) in [7, 11) is 0. The van der Waals surface area contributed by atoms with Gasteiger partial charge >= 0.3 is 0 Å². The van der Waals surface area contributed by atoms with Gasteiger partial charge < -0.3 is 10.5 Å². The lowest BCUT2D eigenvalue weighted by atomic mass is 9.89. The van der Waals surface area contributed by atoms with Crippen molar-refractivity contribution in [2.24, 2.45) is 11.7 Å². The fourth-order valence-corrected chi connectivity index (χ4v) is 2.89. The zero-order chi connectivity index (χ0) is 13.1. The average Bonchev–Trinajstić information content (AvgIpc) is 2.28. The van der Waals surface area contributed by atoms with E-state index in [9.17, 15) is 0 Å². The van der Waals surface area contributed by atoms with E-state index in [0.717, 1.165) is 29.2 Å². The maximum atomic E-state index is 6.06. The summed E-state index contributed by atoms with van der Waals surface area (Å²) in [6.07, 6.45) is 5.30. The molecule has 0 amide bonds. The molecule has 0 aromatic heterocycles. The standard InChI is InChI=1S/C15H21NOS/c1-10-4-3-5-12(8-10)17-13-6-7-14(15(16)18)11(2)9-13/h6-7,9-10,12H,3-5,8H2,1-2H3,(H2,16,18). The molecule has 1 aliphatic rings. The minimum atomic E-state index is 0.365. The Morgan fingerprint density at radius 3 is 2.78 bits per heavy atom. The number of hydrogen-bond donors (Lipinski definition) is 1. The van der Waals surface area contributed by atoms with E-state index in [0.29, 0.717) is 11.1 Å². The van der Waals surface area contributed by atoms with Crippen LogP contribution in [0, 0.1) is 12.8 Å². The van der Waals surface area contributed by atoms with E-state index in [4.69, 9.17) is 22.7 Å². The van der Waals surface area contributed by atoms with Gasteiger partial charge in [0.1, 0.15) is 10.7 Å². The van der Waals surface area contributed by atoms with Crippen molar-refractivity contribution in [3.8, 4) is 5.75 Å². The van der Waals surface area contributed by atoms with Gasteiger partial charge in [-0.05, 0) is 55.9 Å². The topological polar surface area (TPSA) is 35.2 Å². The monoisotopic (exact) mass is 263 g/mol. The number of rotatable bonds is 3. The van der Waals surface area contributed by atoms with Crippen molar-refractivity contribution in [1.82, 2.24) is 0 Å². The van der Waals surface area contributed by atoms with E-state index >= 15 is 0 Å². The Balaban J connectivity index is 2.05. The molecule has 0 radical (unpaired) electrons. The van der Waals surface area contributed by atoms with Gasteiger partial charge in [0, 0.05) is 5.56 Å². The van der Waals surface area contributed by atoms with Crippen LogP contribution >= 0.6 is 12.2 Å². The fraction of sp³-hybridized carbons (Fsp3) is 0.533. The Morgan fingerprint density at radius 1 is 1.39 bits per heavy atom. The van der Waals surface area contributed by atoms with Crippen molar-refractivity contribution in [3.63, 3.8) is 0 Å². The highest BCUT2D eigenvalue weighted by Crippen LogP contribution is 2.28. The first kappa shape index (κ1) is 13.3. The molecule has 0 saturated heterocycles. The third-order valence-corrected chi connectivity index (χ3v) is 3.87. The summed E-state index contributed by atoms with van der Waals surface area (Å²) in [5, 5.41) is 0. The third kappa shape index (κ3) is 3.22. The summed E-state index contributed by atoms with van der Waals surface area (Å²) in [5.74, 6) is 1.72. The van der Waals surface area contributed by atoms with E-state index in [-0.39, 0.29) is 0 Å². The summed E-state index contributed by atoms with van der Waals surface area (Å²) < 4.78 is 6.06. The molecule has 2 atom stereocenters. The van der Waals surface area contributed by atoms with Crippen LogP contribution in [0.15, 0.2) is 18.2 Å². The molecule has 0 aliphatic heterocycles. The van der Waals surface area contributed by atoms with Crippen LogP contribution in [-0.2, 0) is 0 Å². The first-order valence-electron chi connectivity index (χ1n) is 6.63. The normalized spacial score (nSPS) is 23.7. The van der Waals surface area contributed by atoms with Crippen LogP contribution in [0.5, 0.6) is 5.75 Å². The number of thiocarbonyl (C=S) groups is 1. The lowest BCUT2D eigenvalue weighted by Gasteiger charge is -2.27. The molecule has 1 aliphatic carbocycles. The number of benzene rings is 1.